The second-order valence-corrected chi connectivity index (χ2v) is 7.58. The molecular weight excluding hydrogens is 432 g/mol. The summed E-state index contributed by atoms with van der Waals surface area (Å²) in [7, 11) is 3.20. The lowest BCUT2D eigenvalue weighted by atomic mass is 10.1. The third-order valence-electron chi connectivity index (χ3n) is 5.47. The summed E-state index contributed by atoms with van der Waals surface area (Å²) in [6, 6.07) is 14.9. The lowest BCUT2D eigenvalue weighted by Gasteiger charge is -2.25. The number of carbonyl (C=O) groups excluding carboxylic acids is 1. The Labute approximate surface area is 197 Å². The van der Waals surface area contributed by atoms with Gasteiger partial charge in [0.15, 0.2) is 5.78 Å². The molecule has 2 aromatic carbocycles. The molecule has 0 spiro atoms. The number of aliphatic hydroxyl groups is 1. The summed E-state index contributed by atoms with van der Waals surface area (Å²) in [6.45, 7) is 2.13. The first kappa shape index (κ1) is 23.1. The quantitative estimate of drug-likeness (QED) is 0.368. The lowest BCUT2D eigenvalue weighted by Crippen LogP contribution is -2.21. The van der Waals surface area contributed by atoms with E-state index in [9.17, 15) is 9.90 Å². The van der Waals surface area contributed by atoms with Crippen molar-refractivity contribution < 1.29 is 19.4 Å². The highest BCUT2D eigenvalue weighted by Gasteiger charge is 2.14. The summed E-state index contributed by atoms with van der Waals surface area (Å²) in [5, 5.41) is 9.74. The topological polar surface area (TPSA) is 97.7 Å². The van der Waals surface area contributed by atoms with Crippen molar-refractivity contribution in [2.24, 2.45) is 0 Å². The zero-order valence-corrected chi connectivity index (χ0v) is 19.4. The Morgan fingerprint density at radius 1 is 0.941 bits per heavy atom. The van der Waals surface area contributed by atoms with E-state index in [1.807, 2.05) is 48.2 Å². The van der Waals surface area contributed by atoms with Crippen molar-refractivity contribution in [3.63, 3.8) is 0 Å². The lowest BCUT2D eigenvalue weighted by molar-refractivity contribution is 0.0983. The van der Waals surface area contributed by atoms with E-state index < -0.39 is 0 Å². The maximum absolute atomic E-state index is 12.1. The van der Waals surface area contributed by atoms with Crippen LogP contribution in [0.15, 0.2) is 60.9 Å². The van der Waals surface area contributed by atoms with Gasteiger partial charge in [-0.3, -0.25) is 14.8 Å². The molecule has 4 aromatic rings. The van der Waals surface area contributed by atoms with Crippen molar-refractivity contribution in [3.05, 3.63) is 66.6 Å². The van der Waals surface area contributed by atoms with Gasteiger partial charge in [0, 0.05) is 54.3 Å². The molecule has 0 saturated heterocycles. The van der Waals surface area contributed by atoms with E-state index in [0.717, 1.165) is 22.5 Å². The number of fused-ring (bicyclic) bond motifs is 1. The fraction of sp³-hybridized carbons (Fsp3) is 0.231. The fourth-order valence-electron chi connectivity index (χ4n) is 3.69. The predicted molar refractivity (Wildman–Crippen MR) is 131 cm³/mol. The number of hydrogen-bond acceptors (Lipinski definition) is 8. The molecule has 0 bridgehead atoms. The summed E-state index contributed by atoms with van der Waals surface area (Å²) < 4.78 is 10.8. The number of aromatic nitrogens is 3. The van der Waals surface area contributed by atoms with Gasteiger partial charge in [0.25, 0.3) is 0 Å². The Kier molecular flexibility index (Phi) is 6.98. The van der Waals surface area contributed by atoms with Crippen LogP contribution in [0.5, 0.6) is 11.5 Å². The van der Waals surface area contributed by atoms with E-state index >= 15 is 0 Å². The summed E-state index contributed by atoms with van der Waals surface area (Å²) in [5.74, 6) is 1.27. The average Bonchev–Trinajstić information content (AvgIpc) is 2.90. The molecule has 1 N–H and O–H groups in total. The molecule has 34 heavy (non-hydrogen) atoms. The van der Waals surface area contributed by atoms with Gasteiger partial charge in [-0.2, -0.15) is 0 Å². The molecule has 0 amide bonds. The summed E-state index contributed by atoms with van der Waals surface area (Å²) >= 11 is 0. The van der Waals surface area contributed by atoms with E-state index in [1.54, 1.807) is 38.7 Å². The molecule has 0 unspecified atom stereocenters. The van der Waals surface area contributed by atoms with Gasteiger partial charge in [0.1, 0.15) is 17.2 Å². The minimum Gasteiger partial charge on any atom is -0.497 e. The maximum atomic E-state index is 12.1. The van der Waals surface area contributed by atoms with Crippen LogP contribution in [-0.4, -0.2) is 53.2 Å². The molecule has 4 rings (SSSR count). The molecule has 0 atom stereocenters. The first-order valence-electron chi connectivity index (χ1n) is 10.9. The molecular formula is C26H26N4O4. The second kappa shape index (κ2) is 10.3. The number of nitrogens with zero attached hydrogens (tertiary/aromatic N) is 4. The summed E-state index contributed by atoms with van der Waals surface area (Å²) in [6.07, 6.45) is 3.69. The van der Waals surface area contributed by atoms with Crippen molar-refractivity contribution in [1.82, 2.24) is 15.0 Å². The Bertz CT molecular complexity index is 1300. The smallest absolute Gasteiger partial charge is 0.180 e. The number of methoxy groups -OCH3 is 2. The average molecular weight is 459 g/mol. The summed E-state index contributed by atoms with van der Waals surface area (Å²) in [4.78, 5) is 27.6. The number of ether oxygens (including phenoxy) is 2. The standard InChI is InChI=1S/C26H26N4O4/c1-4-26(32)24-11-17(7-8-27-24)25-16-28-22-6-5-18(14-23(22)29-25)30(9-10-31)19-12-20(33-2)15-21(13-19)34-3/h5-8,11-16,31H,4,9-10H2,1-3H3. The van der Waals surface area contributed by atoms with Crippen molar-refractivity contribution in [2.45, 2.75) is 13.3 Å². The predicted octanol–water partition coefficient (Wildman–Crippen LogP) is 4.43. The third kappa shape index (κ3) is 4.82. The fourth-order valence-corrected chi connectivity index (χ4v) is 3.69. The Balaban J connectivity index is 1.77. The van der Waals surface area contributed by atoms with Crippen LogP contribution in [0.2, 0.25) is 0 Å². The number of aliphatic hydroxyl groups excluding tert-OH is 1. The molecule has 0 radical (unpaired) electrons. The normalized spacial score (nSPS) is 10.8. The molecule has 0 fully saturated rings. The van der Waals surface area contributed by atoms with Crippen LogP contribution in [0.25, 0.3) is 22.3 Å². The van der Waals surface area contributed by atoms with Crippen LogP contribution in [0.1, 0.15) is 23.8 Å². The van der Waals surface area contributed by atoms with Crippen LogP contribution >= 0.6 is 0 Å². The van der Waals surface area contributed by atoms with Crippen molar-refractivity contribution in [1.29, 1.82) is 0 Å². The minimum atomic E-state index is -0.0471. The number of pyridine rings is 1. The molecule has 174 valence electrons. The zero-order chi connectivity index (χ0) is 24.1. The monoisotopic (exact) mass is 458 g/mol. The molecule has 8 heteroatoms. The second-order valence-electron chi connectivity index (χ2n) is 7.58. The highest BCUT2D eigenvalue weighted by molar-refractivity contribution is 5.95. The van der Waals surface area contributed by atoms with Crippen molar-refractivity contribution >= 4 is 28.2 Å². The van der Waals surface area contributed by atoms with Gasteiger partial charge in [-0.1, -0.05) is 6.92 Å². The first-order chi connectivity index (χ1) is 16.6. The van der Waals surface area contributed by atoms with Crippen LogP contribution < -0.4 is 14.4 Å². The largest absolute Gasteiger partial charge is 0.497 e. The number of benzene rings is 2. The van der Waals surface area contributed by atoms with E-state index in [0.29, 0.717) is 41.4 Å². The van der Waals surface area contributed by atoms with E-state index in [1.165, 1.54) is 0 Å². The molecule has 2 heterocycles. The van der Waals surface area contributed by atoms with Gasteiger partial charge in [-0.15, -0.1) is 0 Å². The van der Waals surface area contributed by atoms with E-state index in [2.05, 4.69) is 9.97 Å². The van der Waals surface area contributed by atoms with Gasteiger partial charge in [0.05, 0.1) is 43.8 Å². The highest BCUT2D eigenvalue weighted by Crippen LogP contribution is 2.34. The van der Waals surface area contributed by atoms with Gasteiger partial charge < -0.3 is 19.5 Å². The van der Waals surface area contributed by atoms with Gasteiger partial charge in [0.2, 0.25) is 0 Å². The molecule has 0 saturated carbocycles. The van der Waals surface area contributed by atoms with Gasteiger partial charge in [-0.05, 0) is 30.3 Å². The number of ketones is 1. The van der Waals surface area contributed by atoms with E-state index in [4.69, 9.17) is 14.5 Å². The van der Waals surface area contributed by atoms with Crippen molar-refractivity contribution in [2.75, 3.05) is 32.3 Å². The Hall–Kier alpha value is -4.04. The van der Waals surface area contributed by atoms with Crippen LogP contribution in [0, 0.1) is 0 Å². The van der Waals surface area contributed by atoms with Crippen molar-refractivity contribution in [3.8, 4) is 22.8 Å². The van der Waals surface area contributed by atoms with Gasteiger partial charge in [-0.25, -0.2) is 4.98 Å². The number of Topliss-reactive ketones (excluding diaryl/α,β-unsaturated/α-hetero) is 1. The van der Waals surface area contributed by atoms with Crippen LogP contribution in [0.4, 0.5) is 11.4 Å². The Morgan fingerprint density at radius 2 is 1.71 bits per heavy atom. The number of carbonyl (C=O) groups is 1. The summed E-state index contributed by atoms with van der Waals surface area (Å²) in [5.41, 5.74) is 4.90. The first-order valence-corrected chi connectivity index (χ1v) is 10.9. The zero-order valence-electron chi connectivity index (χ0n) is 19.4. The molecule has 2 aromatic heterocycles. The van der Waals surface area contributed by atoms with Crippen LogP contribution in [0.3, 0.4) is 0 Å². The number of rotatable bonds is 9. The molecule has 8 nitrogen and oxygen atoms in total. The highest BCUT2D eigenvalue weighted by atomic mass is 16.5. The molecule has 0 aliphatic carbocycles. The van der Waals surface area contributed by atoms with E-state index in [-0.39, 0.29) is 12.4 Å². The SMILES string of the molecule is CCC(=O)c1cc(-c2cnc3ccc(N(CCO)c4cc(OC)cc(OC)c4)cc3n2)ccn1. The number of hydrogen-bond donors (Lipinski definition) is 1. The van der Waals surface area contributed by atoms with Gasteiger partial charge >= 0.3 is 0 Å². The Morgan fingerprint density at radius 3 is 2.38 bits per heavy atom. The molecule has 0 aliphatic heterocycles. The number of anilines is 2. The minimum absolute atomic E-state index is 0.0220. The maximum Gasteiger partial charge on any atom is 0.180 e. The molecule has 0 aliphatic rings. The third-order valence-corrected chi connectivity index (χ3v) is 5.47. The van der Waals surface area contributed by atoms with Crippen LogP contribution in [-0.2, 0) is 0 Å².